The Kier molecular flexibility index (Phi) is 6.93. The van der Waals surface area contributed by atoms with E-state index in [-0.39, 0.29) is 35.5 Å². The third-order valence-corrected chi connectivity index (χ3v) is 7.72. The maximum atomic E-state index is 13.6. The van der Waals surface area contributed by atoms with Gasteiger partial charge in [0, 0.05) is 15.1 Å². The monoisotopic (exact) mass is 549 g/mol. The van der Waals surface area contributed by atoms with E-state index in [1.165, 1.54) is 18.0 Å². The standard InChI is InChI=1S/C24H24BrNO7S/c1-6-30-22(28)18-19(23(29)31-7-2)26-12(4)13(5)34-24(26)33-21(18)15-10-32-17-8-11(3)16(25)9-14(17)20(15)27/h8-10,21,24H,6-7H2,1-5H3. The van der Waals surface area contributed by atoms with Gasteiger partial charge >= 0.3 is 11.9 Å². The lowest BCUT2D eigenvalue weighted by Gasteiger charge is -2.38. The van der Waals surface area contributed by atoms with Gasteiger partial charge in [-0.2, -0.15) is 0 Å². The van der Waals surface area contributed by atoms with Crippen molar-refractivity contribution in [1.29, 1.82) is 0 Å². The number of hydrogen-bond acceptors (Lipinski definition) is 9. The summed E-state index contributed by atoms with van der Waals surface area (Å²) in [4.78, 5) is 42.4. The van der Waals surface area contributed by atoms with E-state index in [9.17, 15) is 14.4 Å². The Morgan fingerprint density at radius 1 is 1.12 bits per heavy atom. The zero-order chi connectivity index (χ0) is 24.7. The molecule has 0 aliphatic carbocycles. The number of aryl methyl sites for hydroxylation is 1. The van der Waals surface area contributed by atoms with Crippen molar-refractivity contribution in [2.24, 2.45) is 0 Å². The van der Waals surface area contributed by atoms with Gasteiger partial charge in [-0.15, -0.1) is 0 Å². The smallest absolute Gasteiger partial charge is 0.355 e. The summed E-state index contributed by atoms with van der Waals surface area (Å²) in [6, 6.07) is 3.43. The zero-order valence-corrected chi connectivity index (χ0v) is 21.8. The van der Waals surface area contributed by atoms with Crippen LogP contribution >= 0.6 is 27.7 Å². The molecule has 2 aliphatic heterocycles. The number of ether oxygens (including phenoxy) is 3. The highest BCUT2D eigenvalue weighted by atomic mass is 79.9. The second-order valence-corrected chi connectivity index (χ2v) is 9.88. The van der Waals surface area contributed by atoms with Gasteiger partial charge in [-0.05, 0) is 52.3 Å². The zero-order valence-electron chi connectivity index (χ0n) is 19.4. The van der Waals surface area contributed by atoms with E-state index in [0.717, 1.165) is 20.6 Å². The number of carbonyl (C=O) groups excluding carboxylic acids is 2. The normalized spacial score (nSPS) is 20.1. The van der Waals surface area contributed by atoms with Gasteiger partial charge in [-0.3, -0.25) is 4.79 Å². The fraction of sp³-hybridized carbons (Fsp3) is 0.375. The first-order chi connectivity index (χ1) is 16.2. The SMILES string of the molecule is CCOC(=O)C1=C(C(=O)OCC)N2C(C)=C(C)SC2OC1c1coc2cc(C)c(Br)cc2c1=O. The maximum Gasteiger partial charge on any atom is 0.355 e. The number of hydrogen-bond donors (Lipinski definition) is 0. The lowest BCUT2D eigenvalue weighted by molar-refractivity contribution is -0.149. The van der Waals surface area contributed by atoms with Crippen molar-refractivity contribution in [3.05, 3.63) is 66.1 Å². The summed E-state index contributed by atoms with van der Waals surface area (Å²) in [6.07, 6.45) is 0.0965. The van der Waals surface area contributed by atoms with E-state index < -0.39 is 23.6 Å². The third-order valence-electron chi connectivity index (χ3n) is 5.70. The number of allylic oxidation sites excluding steroid dienone is 2. The van der Waals surface area contributed by atoms with Crippen molar-refractivity contribution < 1.29 is 28.2 Å². The molecule has 0 spiro atoms. The van der Waals surface area contributed by atoms with Gasteiger partial charge in [-0.1, -0.05) is 27.7 Å². The van der Waals surface area contributed by atoms with E-state index in [2.05, 4.69) is 15.9 Å². The fourth-order valence-electron chi connectivity index (χ4n) is 3.91. The number of halogens is 1. The number of nitrogens with zero attached hydrogens (tertiary/aromatic N) is 1. The average molecular weight is 550 g/mol. The summed E-state index contributed by atoms with van der Waals surface area (Å²) >= 11 is 4.84. The Bertz CT molecular complexity index is 1310. The molecule has 3 heterocycles. The van der Waals surface area contributed by atoms with Gasteiger partial charge in [0.15, 0.2) is 11.0 Å². The van der Waals surface area contributed by atoms with E-state index in [1.807, 2.05) is 20.8 Å². The second-order valence-electron chi connectivity index (χ2n) is 7.77. The summed E-state index contributed by atoms with van der Waals surface area (Å²) in [6.45, 7) is 9.15. The Labute approximate surface area is 209 Å². The molecular formula is C24H24BrNO7S. The predicted molar refractivity (Wildman–Crippen MR) is 131 cm³/mol. The van der Waals surface area contributed by atoms with Crippen LogP contribution in [-0.4, -0.2) is 35.6 Å². The molecule has 0 fully saturated rings. The molecule has 0 saturated carbocycles. The third kappa shape index (κ3) is 4.08. The van der Waals surface area contributed by atoms with Crippen LogP contribution in [0.15, 0.2) is 54.0 Å². The average Bonchev–Trinajstić information content (AvgIpc) is 3.07. The minimum atomic E-state index is -1.19. The van der Waals surface area contributed by atoms with Crippen LogP contribution in [0.3, 0.4) is 0 Å². The van der Waals surface area contributed by atoms with Gasteiger partial charge in [0.25, 0.3) is 0 Å². The molecule has 1 aromatic carbocycles. The summed E-state index contributed by atoms with van der Waals surface area (Å²) in [5, 5.41) is 0.325. The lowest BCUT2D eigenvalue weighted by Crippen LogP contribution is -2.43. The molecule has 8 nitrogen and oxygen atoms in total. The molecule has 2 atom stereocenters. The minimum Gasteiger partial charge on any atom is -0.464 e. The lowest BCUT2D eigenvalue weighted by atomic mass is 9.97. The molecule has 0 amide bonds. The molecule has 2 aliphatic rings. The number of fused-ring (bicyclic) bond motifs is 2. The van der Waals surface area contributed by atoms with E-state index in [0.29, 0.717) is 11.0 Å². The molecular weight excluding hydrogens is 526 g/mol. The summed E-state index contributed by atoms with van der Waals surface area (Å²) in [5.41, 5.74) is 1.04. The van der Waals surface area contributed by atoms with Crippen molar-refractivity contribution >= 4 is 50.6 Å². The van der Waals surface area contributed by atoms with Crippen molar-refractivity contribution in [1.82, 2.24) is 4.90 Å². The van der Waals surface area contributed by atoms with Crippen LogP contribution in [0.2, 0.25) is 0 Å². The molecule has 34 heavy (non-hydrogen) atoms. The Balaban J connectivity index is 1.98. The number of benzene rings is 1. The van der Waals surface area contributed by atoms with Crippen LogP contribution in [-0.2, 0) is 23.8 Å². The minimum absolute atomic E-state index is 0.00739. The van der Waals surface area contributed by atoms with Gasteiger partial charge < -0.3 is 23.5 Å². The maximum absolute atomic E-state index is 13.6. The van der Waals surface area contributed by atoms with Crippen molar-refractivity contribution in [2.45, 2.75) is 46.3 Å². The van der Waals surface area contributed by atoms with Crippen LogP contribution in [0.1, 0.15) is 44.9 Å². The Hall–Kier alpha value is -2.56. The molecule has 1 aromatic heterocycles. The van der Waals surface area contributed by atoms with E-state index in [1.54, 1.807) is 30.9 Å². The fourth-order valence-corrected chi connectivity index (χ4v) is 5.36. The molecule has 2 unspecified atom stereocenters. The van der Waals surface area contributed by atoms with Crippen LogP contribution in [0, 0.1) is 6.92 Å². The molecule has 2 aromatic rings. The van der Waals surface area contributed by atoms with Crippen LogP contribution < -0.4 is 5.43 Å². The van der Waals surface area contributed by atoms with Gasteiger partial charge in [0.05, 0.1) is 24.2 Å². The summed E-state index contributed by atoms with van der Waals surface area (Å²) in [7, 11) is 0. The Morgan fingerprint density at radius 3 is 2.47 bits per heavy atom. The molecule has 0 bridgehead atoms. The second kappa shape index (κ2) is 9.59. The van der Waals surface area contributed by atoms with Gasteiger partial charge in [0.1, 0.15) is 29.2 Å². The van der Waals surface area contributed by atoms with Crippen LogP contribution in [0.25, 0.3) is 11.0 Å². The first-order valence-corrected chi connectivity index (χ1v) is 12.5. The molecule has 0 saturated heterocycles. The number of thioether (sulfide) groups is 1. The molecule has 10 heteroatoms. The van der Waals surface area contributed by atoms with Crippen LogP contribution in [0.5, 0.6) is 0 Å². The number of rotatable bonds is 5. The molecule has 4 rings (SSSR count). The van der Waals surface area contributed by atoms with Crippen LogP contribution in [0.4, 0.5) is 0 Å². The van der Waals surface area contributed by atoms with E-state index in [4.69, 9.17) is 18.6 Å². The first kappa shape index (κ1) is 24.6. The quantitative estimate of drug-likeness (QED) is 0.482. The van der Waals surface area contributed by atoms with Crippen molar-refractivity contribution in [3.8, 4) is 0 Å². The van der Waals surface area contributed by atoms with Crippen molar-refractivity contribution in [2.75, 3.05) is 13.2 Å². The summed E-state index contributed by atoms with van der Waals surface area (Å²) < 4.78 is 23.4. The largest absolute Gasteiger partial charge is 0.464 e. The van der Waals surface area contributed by atoms with Gasteiger partial charge in [0.2, 0.25) is 0 Å². The predicted octanol–water partition coefficient (Wildman–Crippen LogP) is 4.90. The first-order valence-electron chi connectivity index (χ1n) is 10.8. The molecule has 180 valence electrons. The highest BCUT2D eigenvalue weighted by Crippen LogP contribution is 2.49. The number of carbonyl (C=O) groups is 2. The highest BCUT2D eigenvalue weighted by molar-refractivity contribution is 9.10. The highest BCUT2D eigenvalue weighted by Gasteiger charge is 2.48. The summed E-state index contributed by atoms with van der Waals surface area (Å²) in [5.74, 6) is -1.46. The van der Waals surface area contributed by atoms with Gasteiger partial charge in [-0.25, -0.2) is 9.59 Å². The van der Waals surface area contributed by atoms with E-state index >= 15 is 0 Å². The topological polar surface area (TPSA) is 95.3 Å². The number of esters is 2. The van der Waals surface area contributed by atoms with Crippen molar-refractivity contribution in [3.63, 3.8) is 0 Å². The molecule has 0 N–H and O–H groups in total. The molecule has 0 radical (unpaired) electrons. The Morgan fingerprint density at radius 2 is 1.79 bits per heavy atom.